The number of hydrogen-bond acceptors (Lipinski definition) is 8. The van der Waals surface area contributed by atoms with E-state index in [0.29, 0.717) is 25.1 Å². The highest BCUT2D eigenvalue weighted by molar-refractivity contribution is 6.43. The molecule has 0 aliphatic carbocycles. The van der Waals surface area contributed by atoms with E-state index in [0.717, 1.165) is 6.42 Å². The fourth-order valence-electron chi connectivity index (χ4n) is 3.47. The quantitative estimate of drug-likeness (QED) is 0.249. The molecule has 1 unspecified atom stereocenters. The van der Waals surface area contributed by atoms with Gasteiger partial charge in [0.2, 0.25) is 0 Å². The van der Waals surface area contributed by atoms with Crippen LogP contribution in [0.15, 0.2) is 18.2 Å². The van der Waals surface area contributed by atoms with Crippen LogP contribution in [0.5, 0.6) is 11.5 Å². The number of piperidine rings is 1. The van der Waals surface area contributed by atoms with Crippen LogP contribution in [-0.2, 0) is 19.1 Å². The van der Waals surface area contributed by atoms with Crippen LogP contribution in [0.1, 0.15) is 57.3 Å². The van der Waals surface area contributed by atoms with E-state index < -0.39 is 35.4 Å². The number of ketones is 1. The molecule has 2 rings (SSSR count). The highest BCUT2D eigenvalue weighted by atomic mass is 16.6. The maximum atomic E-state index is 13.0. The number of esters is 1. The van der Waals surface area contributed by atoms with Gasteiger partial charge >= 0.3 is 12.1 Å². The molecule has 1 saturated heterocycles. The fourth-order valence-corrected chi connectivity index (χ4v) is 3.47. The van der Waals surface area contributed by atoms with E-state index in [4.69, 9.17) is 18.9 Å². The first kappa shape index (κ1) is 26.9. The molecular weight excluding hydrogens is 444 g/mol. The molecule has 1 heterocycles. The number of nitrogens with zero attached hydrogens (tertiary/aromatic N) is 1. The standard InChI is InChI=1S/C24H34N2O8/c1-6-32-22(29)17-9-7-8-13-26(17)21(28)20(27)16-10-11-18(31-5)19(15-16)33-14-12-25-23(30)34-24(2,3)4/h10-11,15,17H,6-9,12-14H2,1-5H3,(H,25,30). The number of benzene rings is 1. The van der Waals surface area contributed by atoms with Crippen LogP contribution in [0.25, 0.3) is 0 Å². The molecule has 0 radical (unpaired) electrons. The van der Waals surface area contributed by atoms with Gasteiger partial charge in [0.1, 0.15) is 18.2 Å². The minimum Gasteiger partial charge on any atom is -0.493 e. The molecule has 1 aromatic rings. The summed E-state index contributed by atoms with van der Waals surface area (Å²) in [5.41, 5.74) is -0.509. The molecule has 10 heteroatoms. The molecule has 1 N–H and O–H groups in total. The van der Waals surface area contributed by atoms with Crippen molar-refractivity contribution in [1.29, 1.82) is 0 Å². The molecule has 0 bridgehead atoms. The van der Waals surface area contributed by atoms with Crippen molar-refractivity contribution in [1.82, 2.24) is 10.2 Å². The predicted octanol–water partition coefficient (Wildman–Crippen LogP) is 2.73. The van der Waals surface area contributed by atoms with Crippen molar-refractivity contribution < 1.29 is 38.1 Å². The van der Waals surface area contributed by atoms with Crippen LogP contribution in [-0.4, -0.2) is 73.7 Å². The molecular formula is C24H34N2O8. The first-order valence-corrected chi connectivity index (χ1v) is 11.4. The van der Waals surface area contributed by atoms with Gasteiger partial charge in [0.25, 0.3) is 11.7 Å². The first-order valence-electron chi connectivity index (χ1n) is 11.4. The average Bonchev–Trinajstić information content (AvgIpc) is 2.79. The van der Waals surface area contributed by atoms with Crippen molar-refractivity contribution >= 4 is 23.8 Å². The van der Waals surface area contributed by atoms with E-state index in [-0.39, 0.29) is 31.1 Å². The Hall–Kier alpha value is -3.30. The largest absolute Gasteiger partial charge is 0.493 e. The SMILES string of the molecule is CCOC(=O)C1CCCCN1C(=O)C(=O)c1ccc(OC)c(OCCNC(=O)OC(C)(C)C)c1. The molecule has 1 aliphatic rings. The highest BCUT2D eigenvalue weighted by Gasteiger charge is 2.36. The molecule has 2 amide bonds. The summed E-state index contributed by atoms with van der Waals surface area (Å²) < 4.78 is 21.2. The number of amides is 2. The van der Waals surface area contributed by atoms with E-state index in [2.05, 4.69) is 5.32 Å². The molecule has 0 aromatic heterocycles. The Morgan fingerprint density at radius 3 is 2.50 bits per heavy atom. The number of carbonyl (C=O) groups is 4. The van der Waals surface area contributed by atoms with Crippen LogP contribution < -0.4 is 14.8 Å². The average molecular weight is 479 g/mol. The number of Topliss-reactive ketones (excluding diaryl/α,β-unsaturated/α-hetero) is 1. The van der Waals surface area contributed by atoms with Crippen molar-refractivity contribution in [2.75, 3.05) is 33.4 Å². The minimum absolute atomic E-state index is 0.0816. The van der Waals surface area contributed by atoms with E-state index in [1.165, 1.54) is 30.2 Å². The minimum atomic E-state index is -0.766. The lowest BCUT2D eigenvalue weighted by molar-refractivity contribution is -0.155. The van der Waals surface area contributed by atoms with Crippen molar-refractivity contribution in [3.63, 3.8) is 0 Å². The lowest BCUT2D eigenvalue weighted by Gasteiger charge is -2.33. The number of carbonyl (C=O) groups excluding carboxylic acids is 4. The monoisotopic (exact) mass is 478 g/mol. The Morgan fingerprint density at radius 2 is 1.85 bits per heavy atom. The van der Waals surface area contributed by atoms with Gasteiger partial charge in [-0.3, -0.25) is 9.59 Å². The second kappa shape index (κ2) is 12.2. The molecule has 0 saturated carbocycles. The predicted molar refractivity (Wildman–Crippen MR) is 123 cm³/mol. The Bertz CT molecular complexity index is 893. The maximum absolute atomic E-state index is 13.0. The number of likely N-dealkylation sites (tertiary alicyclic amines) is 1. The van der Waals surface area contributed by atoms with E-state index in [1.54, 1.807) is 27.7 Å². The van der Waals surface area contributed by atoms with Crippen LogP contribution in [0.3, 0.4) is 0 Å². The number of rotatable bonds is 9. The van der Waals surface area contributed by atoms with Crippen LogP contribution in [0.2, 0.25) is 0 Å². The third-order valence-electron chi connectivity index (χ3n) is 4.97. The lowest BCUT2D eigenvalue weighted by Crippen LogP contribution is -2.51. The molecule has 1 atom stereocenters. The van der Waals surface area contributed by atoms with Crippen LogP contribution in [0, 0.1) is 0 Å². The Kier molecular flexibility index (Phi) is 9.70. The van der Waals surface area contributed by atoms with Gasteiger partial charge in [-0.25, -0.2) is 9.59 Å². The topological polar surface area (TPSA) is 120 Å². The number of nitrogens with one attached hydrogen (secondary N) is 1. The van der Waals surface area contributed by atoms with Crippen LogP contribution in [0.4, 0.5) is 4.79 Å². The van der Waals surface area contributed by atoms with Crippen LogP contribution >= 0.6 is 0 Å². The number of hydrogen-bond donors (Lipinski definition) is 1. The normalized spacial score (nSPS) is 15.8. The summed E-state index contributed by atoms with van der Waals surface area (Å²) in [6, 6.07) is 3.64. The van der Waals surface area contributed by atoms with Gasteiger partial charge in [0, 0.05) is 12.1 Å². The Morgan fingerprint density at radius 1 is 1.12 bits per heavy atom. The lowest BCUT2D eigenvalue weighted by atomic mass is 10.00. The summed E-state index contributed by atoms with van der Waals surface area (Å²) in [5, 5.41) is 2.57. The van der Waals surface area contributed by atoms with Gasteiger partial charge in [0.05, 0.1) is 20.3 Å². The fraction of sp³-hybridized carbons (Fsp3) is 0.583. The second-order valence-electron chi connectivity index (χ2n) is 8.73. The third-order valence-corrected chi connectivity index (χ3v) is 4.97. The number of alkyl carbamates (subject to hydrolysis) is 1. The maximum Gasteiger partial charge on any atom is 0.407 e. The van der Waals surface area contributed by atoms with Crippen molar-refractivity contribution in [3.8, 4) is 11.5 Å². The zero-order valence-electron chi connectivity index (χ0n) is 20.5. The zero-order valence-corrected chi connectivity index (χ0v) is 20.5. The summed E-state index contributed by atoms with van der Waals surface area (Å²) in [4.78, 5) is 51.2. The summed E-state index contributed by atoms with van der Waals surface area (Å²) in [5.74, 6) is -1.41. The van der Waals surface area contributed by atoms with Gasteiger partial charge in [-0.05, 0) is 65.2 Å². The number of methoxy groups -OCH3 is 1. The van der Waals surface area contributed by atoms with Crippen molar-refractivity contribution in [2.24, 2.45) is 0 Å². The van der Waals surface area contributed by atoms with Crippen molar-refractivity contribution in [2.45, 2.75) is 58.6 Å². The summed E-state index contributed by atoms with van der Waals surface area (Å²) in [7, 11) is 1.45. The number of ether oxygens (including phenoxy) is 4. The third kappa shape index (κ3) is 7.64. The first-order chi connectivity index (χ1) is 16.1. The molecule has 188 valence electrons. The molecule has 10 nitrogen and oxygen atoms in total. The van der Waals surface area contributed by atoms with E-state index in [1.807, 2.05) is 0 Å². The smallest absolute Gasteiger partial charge is 0.407 e. The Labute approximate surface area is 199 Å². The second-order valence-corrected chi connectivity index (χ2v) is 8.73. The Balaban J connectivity index is 2.06. The molecule has 34 heavy (non-hydrogen) atoms. The van der Waals surface area contributed by atoms with Gasteiger partial charge in [-0.1, -0.05) is 0 Å². The summed E-state index contributed by atoms with van der Waals surface area (Å²) in [6.07, 6.45) is 1.37. The van der Waals surface area contributed by atoms with E-state index in [9.17, 15) is 19.2 Å². The van der Waals surface area contributed by atoms with E-state index >= 15 is 0 Å². The van der Waals surface area contributed by atoms with Gasteiger partial charge < -0.3 is 29.2 Å². The van der Waals surface area contributed by atoms with Crippen molar-refractivity contribution in [3.05, 3.63) is 23.8 Å². The van der Waals surface area contributed by atoms with Gasteiger partial charge in [-0.2, -0.15) is 0 Å². The summed E-state index contributed by atoms with van der Waals surface area (Å²) >= 11 is 0. The molecule has 0 spiro atoms. The zero-order chi connectivity index (χ0) is 25.3. The highest BCUT2D eigenvalue weighted by Crippen LogP contribution is 2.29. The molecule has 1 fully saturated rings. The van der Waals surface area contributed by atoms with Gasteiger partial charge in [-0.15, -0.1) is 0 Å². The molecule has 1 aromatic carbocycles. The molecule has 1 aliphatic heterocycles. The van der Waals surface area contributed by atoms with Gasteiger partial charge in [0.15, 0.2) is 11.5 Å². The summed E-state index contributed by atoms with van der Waals surface area (Å²) in [6.45, 7) is 7.73.